The first-order valence-corrected chi connectivity index (χ1v) is 10.1. The molecule has 2 N–H and O–H groups in total. The highest BCUT2D eigenvalue weighted by atomic mass is 16.4. The van der Waals surface area contributed by atoms with E-state index in [9.17, 15) is 9.90 Å². The van der Waals surface area contributed by atoms with Gasteiger partial charge in [0.1, 0.15) is 5.75 Å². The van der Waals surface area contributed by atoms with E-state index in [2.05, 4.69) is 16.0 Å². The molecular weight excluding hydrogens is 352 g/mol. The number of carboxylic acids is 1. The average Bonchev–Trinajstić information content (AvgIpc) is 2.66. The van der Waals surface area contributed by atoms with Gasteiger partial charge in [-0.25, -0.2) is 4.79 Å². The molecule has 4 aliphatic rings. The van der Waals surface area contributed by atoms with Gasteiger partial charge in [-0.2, -0.15) is 0 Å². The van der Waals surface area contributed by atoms with Crippen molar-refractivity contribution < 1.29 is 15.0 Å². The Morgan fingerprint density at radius 1 is 1.04 bits per heavy atom. The number of phenols is 1. The third-order valence-electron chi connectivity index (χ3n) is 6.97. The maximum absolute atomic E-state index is 10.7. The van der Waals surface area contributed by atoms with Crippen LogP contribution in [0, 0.1) is 17.8 Å². The van der Waals surface area contributed by atoms with Gasteiger partial charge in [0.2, 0.25) is 0 Å². The number of aromatic nitrogens is 2. The fraction of sp³-hybridized carbons (Fsp3) is 0.435. The third-order valence-corrected chi connectivity index (χ3v) is 6.97. The van der Waals surface area contributed by atoms with Crippen LogP contribution in [0.1, 0.15) is 49.8 Å². The predicted octanol–water partition coefficient (Wildman–Crippen LogP) is 4.41. The van der Waals surface area contributed by atoms with Crippen molar-refractivity contribution in [2.24, 2.45) is 17.8 Å². The summed E-state index contributed by atoms with van der Waals surface area (Å²) in [7, 11) is 0. The van der Waals surface area contributed by atoms with E-state index >= 15 is 0 Å². The normalized spacial score (nSPS) is 30.8. The Morgan fingerprint density at radius 2 is 1.71 bits per heavy atom. The molecule has 2 aromatic rings. The maximum Gasteiger partial charge on any atom is 0.328 e. The highest BCUT2D eigenvalue weighted by Crippen LogP contribution is 2.62. The molecule has 0 aliphatic heterocycles. The lowest BCUT2D eigenvalue weighted by atomic mass is 9.48. The fourth-order valence-electron chi connectivity index (χ4n) is 6.29. The second-order valence-corrected chi connectivity index (χ2v) is 8.93. The summed E-state index contributed by atoms with van der Waals surface area (Å²) < 4.78 is 0. The number of rotatable bonds is 4. The Kier molecular flexibility index (Phi) is 4.00. The zero-order valence-corrected chi connectivity index (χ0v) is 15.7. The van der Waals surface area contributed by atoms with Gasteiger partial charge in [-0.15, -0.1) is 0 Å². The van der Waals surface area contributed by atoms with E-state index in [0.29, 0.717) is 11.4 Å². The van der Waals surface area contributed by atoms with Crippen LogP contribution in [-0.4, -0.2) is 26.2 Å². The zero-order valence-electron chi connectivity index (χ0n) is 15.7. The lowest BCUT2D eigenvalue weighted by Crippen LogP contribution is -2.48. The molecule has 4 fully saturated rings. The molecule has 0 saturated heterocycles. The van der Waals surface area contributed by atoms with E-state index in [0.717, 1.165) is 40.7 Å². The molecule has 0 amide bonds. The highest BCUT2D eigenvalue weighted by molar-refractivity contribution is 5.84. The van der Waals surface area contributed by atoms with Crippen molar-refractivity contribution in [1.29, 1.82) is 0 Å². The van der Waals surface area contributed by atoms with Crippen LogP contribution in [0.4, 0.5) is 0 Å². The van der Waals surface area contributed by atoms with Crippen LogP contribution < -0.4 is 0 Å². The van der Waals surface area contributed by atoms with Crippen LogP contribution in [0.2, 0.25) is 0 Å². The summed E-state index contributed by atoms with van der Waals surface area (Å²) in [5.74, 6) is 1.84. The molecule has 4 bridgehead atoms. The van der Waals surface area contributed by atoms with Gasteiger partial charge in [0.25, 0.3) is 0 Å². The second kappa shape index (κ2) is 6.43. The fourth-order valence-corrected chi connectivity index (χ4v) is 6.29. The summed E-state index contributed by atoms with van der Waals surface area (Å²) in [5, 5.41) is 19.4. The Balaban J connectivity index is 1.48. The standard InChI is InChI=1S/C23H24N2O3/c26-21-3-1-17(20-13-24-18(12-25-20)2-4-22(27)28)8-19(21)23-9-14-5-15(10-23)7-16(6-14)11-23/h1-4,8,12-16,26H,5-7,9-11H2,(H,27,28)/b4-2+. The van der Waals surface area contributed by atoms with Crippen molar-refractivity contribution in [1.82, 2.24) is 9.97 Å². The Morgan fingerprint density at radius 3 is 2.29 bits per heavy atom. The maximum atomic E-state index is 10.7. The molecule has 28 heavy (non-hydrogen) atoms. The van der Waals surface area contributed by atoms with E-state index in [1.807, 2.05) is 6.07 Å². The molecule has 1 aromatic carbocycles. The highest BCUT2D eigenvalue weighted by Gasteiger charge is 2.52. The molecule has 0 radical (unpaired) electrons. The summed E-state index contributed by atoms with van der Waals surface area (Å²) in [6.45, 7) is 0. The largest absolute Gasteiger partial charge is 0.508 e. The van der Waals surface area contributed by atoms with Crippen molar-refractivity contribution in [3.05, 3.63) is 47.9 Å². The summed E-state index contributed by atoms with van der Waals surface area (Å²) in [5.41, 5.74) is 3.39. The summed E-state index contributed by atoms with van der Waals surface area (Å²) in [4.78, 5) is 19.4. The minimum absolute atomic E-state index is 0.117. The van der Waals surface area contributed by atoms with Gasteiger partial charge in [-0.1, -0.05) is 0 Å². The van der Waals surface area contributed by atoms with Crippen LogP contribution >= 0.6 is 0 Å². The Bertz CT molecular complexity index is 914. The molecular formula is C23H24N2O3. The summed E-state index contributed by atoms with van der Waals surface area (Å²) >= 11 is 0. The van der Waals surface area contributed by atoms with E-state index in [1.165, 1.54) is 44.6 Å². The van der Waals surface area contributed by atoms with Gasteiger partial charge in [0, 0.05) is 17.2 Å². The van der Waals surface area contributed by atoms with E-state index in [4.69, 9.17) is 5.11 Å². The van der Waals surface area contributed by atoms with Crippen LogP contribution in [0.15, 0.2) is 36.7 Å². The smallest absolute Gasteiger partial charge is 0.328 e. The molecule has 1 heterocycles. The lowest BCUT2D eigenvalue weighted by Gasteiger charge is -2.57. The first-order valence-electron chi connectivity index (χ1n) is 10.1. The van der Waals surface area contributed by atoms with Gasteiger partial charge in [0.15, 0.2) is 0 Å². The summed E-state index contributed by atoms with van der Waals surface area (Å²) in [6, 6.07) is 5.79. The molecule has 4 saturated carbocycles. The average molecular weight is 376 g/mol. The van der Waals surface area contributed by atoms with Crippen LogP contribution in [-0.2, 0) is 10.2 Å². The van der Waals surface area contributed by atoms with Gasteiger partial charge in [-0.05, 0) is 86.0 Å². The Labute approximate surface area is 164 Å². The van der Waals surface area contributed by atoms with E-state index < -0.39 is 5.97 Å². The number of carboxylic acid groups (broad SMARTS) is 1. The first-order chi connectivity index (χ1) is 13.5. The third kappa shape index (κ3) is 2.99. The first kappa shape index (κ1) is 17.4. The van der Waals surface area contributed by atoms with Crippen LogP contribution in [0.5, 0.6) is 5.75 Å². The topological polar surface area (TPSA) is 83.3 Å². The van der Waals surface area contributed by atoms with Gasteiger partial charge >= 0.3 is 5.97 Å². The molecule has 0 atom stereocenters. The van der Waals surface area contributed by atoms with Crippen LogP contribution in [0.25, 0.3) is 17.3 Å². The lowest BCUT2D eigenvalue weighted by molar-refractivity contribution is -0.131. The SMILES string of the molecule is O=C(O)/C=C/c1cnc(-c2ccc(O)c(C34CC5CC(CC(C5)C3)C4)c2)cn1. The van der Waals surface area contributed by atoms with Gasteiger partial charge in [0.05, 0.1) is 23.8 Å². The monoisotopic (exact) mass is 376 g/mol. The molecule has 5 heteroatoms. The van der Waals surface area contributed by atoms with Crippen molar-refractivity contribution in [3.8, 4) is 17.0 Å². The van der Waals surface area contributed by atoms with Crippen molar-refractivity contribution in [3.63, 3.8) is 0 Å². The number of hydrogen-bond donors (Lipinski definition) is 2. The van der Waals surface area contributed by atoms with Crippen molar-refractivity contribution in [2.75, 3.05) is 0 Å². The molecule has 0 unspecified atom stereocenters. The molecule has 144 valence electrons. The quantitative estimate of drug-likeness (QED) is 0.772. The number of aliphatic carboxylic acids is 1. The number of phenolic OH excluding ortho intramolecular Hbond substituents is 1. The number of carbonyl (C=O) groups is 1. The van der Waals surface area contributed by atoms with E-state index in [1.54, 1.807) is 18.5 Å². The zero-order chi connectivity index (χ0) is 19.3. The minimum atomic E-state index is -1.01. The van der Waals surface area contributed by atoms with Crippen molar-refractivity contribution >= 4 is 12.0 Å². The predicted molar refractivity (Wildman–Crippen MR) is 106 cm³/mol. The Hall–Kier alpha value is -2.69. The van der Waals surface area contributed by atoms with Gasteiger partial charge in [-0.3, -0.25) is 9.97 Å². The number of benzene rings is 1. The number of nitrogens with zero attached hydrogens (tertiary/aromatic N) is 2. The van der Waals surface area contributed by atoms with E-state index in [-0.39, 0.29) is 5.41 Å². The summed E-state index contributed by atoms with van der Waals surface area (Å²) in [6.07, 6.45) is 13.4. The number of hydrogen-bond acceptors (Lipinski definition) is 4. The molecule has 4 aliphatic carbocycles. The molecule has 0 spiro atoms. The molecule has 1 aromatic heterocycles. The van der Waals surface area contributed by atoms with Crippen molar-refractivity contribution in [2.45, 2.75) is 43.9 Å². The minimum Gasteiger partial charge on any atom is -0.508 e. The van der Waals surface area contributed by atoms with Crippen LogP contribution in [0.3, 0.4) is 0 Å². The molecule has 5 nitrogen and oxygen atoms in total. The second-order valence-electron chi connectivity index (χ2n) is 8.93. The van der Waals surface area contributed by atoms with Gasteiger partial charge < -0.3 is 10.2 Å². The molecule has 6 rings (SSSR count). The number of aromatic hydroxyl groups is 1.